The van der Waals surface area contributed by atoms with E-state index in [9.17, 15) is 4.79 Å². The van der Waals surface area contributed by atoms with Crippen LogP contribution in [-0.4, -0.2) is 26.9 Å². The smallest absolute Gasteiger partial charge is 0.275 e. The maximum absolute atomic E-state index is 11.8. The molecule has 0 aliphatic rings. The van der Waals surface area contributed by atoms with Gasteiger partial charge in [0.05, 0.1) is 5.69 Å². The number of carbonyl (C=O) groups is 1. The molecule has 100 valence electrons. The molecule has 0 aliphatic heterocycles. The van der Waals surface area contributed by atoms with Crippen molar-refractivity contribution in [1.82, 2.24) is 20.3 Å². The van der Waals surface area contributed by atoms with Crippen LogP contribution in [0.2, 0.25) is 5.02 Å². The first kappa shape index (κ1) is 13.4. The predicted molar refractivity (Wildman–Crippen MR) is 73.4 cm³/mol. The molecule has 6 nitrogen and oxygen atoms in total. The normalized spacial score (nSPS) is 10.7. The van der Waals surface area contributed by atoms with Crippen molar-refractivity contribution in [1.29, 1.82) is 0 Å². The molecule has 0 spiro atoms. The van der Waals surface area contributed by atoms with Crippen molar-refractivity contribution < 1.29 is 4.79 Å². The van der Waals surface area contributed by atoms with Crippen molar-refractivity contribution in [2.45, 2.75) is 19.9 Å². The van der Waals surface area contributed by atoms with Crippen molar-refractivity contribution in [2.24, 2.45) is 0 Å². The summed E-state index contributed by atoms with van der Waals surface area (Å²) in [6.07, 6.45) is 0. The molecule has 1 aromatic carbocycles. The van der Waals surface area contributed by atoms with Crippen LogP contribution >= 0.6 is 11.6 Å². The summed E-state index contributed by atoms with van der Waals surface area (Å²) >= 11 is 5.81. The van der Waals surface area contributed by atoms with Crippen LogP contribution in [0.3, 0.4) is 0 Å². The van der Waals surface area contributed by atoms with Gasteiger partial charge in [-0.2, -0.15) is 4.68 Å². The Morgan fingerprint density at radius 3 is 2.58 bits per heavy atom. The largest absolute Gasteiger partial charge is 0.382 e. The molecule has 0 saturated heterocycles. The molecule has 2 rings (SSSR count). The zero-order valence-electron chi connectivity index (χ0n) is 10.6. The lowest BCUT2D eigenvalue weighted by Crippen LogP contribution is -2.31. The summed E-state index contributed by atoms with van der Waals surface area (Å²) in [7, 11) is 0. The molecule has 7 heteroatoms. The van der Waals surface area contributed by atoms with Crippen LogP contribution in [0.15, 0.2) is 24.3 Å². The lowest BCUT2D eigenvalue weighted by Gasteiger charge is -2.07. The first-order valence-electron chi connectivity index (χ1n) is 5.77. The number of halogens is 1. The Morgan fingerprint density at radius 1 is 1.37 bits per heavy atom. The second-order valence-electron chi connectivity index (χ2n) is 4.34. The zero-order chi connectivity index (χ0) is 14.0. The van der Waals surface area contributed by atoms with E-state index in [4.69, 9.17) is 17.3 Å². The number of benzene rings is 1. The number of nitrogens with zero attached hydrogens (tertiary/aromatic N) is 3. The first-order valence-corrected chi connectivity index (χ1v) is 6.15. The van der Waals surface area contributed by atoms with Crippen molar-refractivity contribution in [2.75, 3.05) is 5.73 Å². The number of rotatable bonds is 3. The van der Waals surface area contributed by atoms with Gasteiger partial charge in [0, 0.05) is 11.1 Å². The minimum atomic E-state index is -0.340. The second kappa shape index (κ2) is 5.27. The van der Waals surface area contributed by atoms with E-state index in [0.717, 1.165) is 0 Å². The van der Waals surface area contributed by atoms with Gasteiger partial charge in [-0.1, -0.05) is 16.8 Å². The Morgan fingerprint density at radius 2 is 2.00 bits per heavy atom. The minimum Gasteiger partial charge on any atom is -0.382 e. The standard InChI is InChI=1S/C12H14ClN5O/c1-7(2)15-12(19)10-11(14)18(17-16-10)9-5-3-8(13)4-6-9/h3-7H,14H2,1-2H3,(H,15,19). The van der Waals surface area contributed by atoms with Gasteiger partial charge in [0.2, 0.25) is 0 Å². The van der Waals surface area contributed by atoms with E-state index >= 15 is 0 Å². The summed E-state index contributed by atoms with van der Waals surface area (Å²) in [6, 6.07) is 6.93. The van der Waals surface area contributed by atoms with Crippen LogP contribution < -0.4 is 11.1 Å². The zero-order valence-corrected chi connectivity index (χ0v) is 11.3. The number of nitrogens with two attached hydrogens (primary N) is 1. The lowest BCUT2D eigenvalue weighted by molar-refractivity contribution is 0.0939. The molecule has 2 aromatic rings. The van der Waals surface area contributed by atoms with Gasteiger partial charge < -0.3 is 11.1 Å². The van der Waals surface area contributed by atoms with Crippen molar-refractivity contribution >= 4 is 23.3 Å². The number of anilines is 1. The van der Waals surface area contributed by atoms with Crippen LogP contribution in [-0.2, 0) is 0 Å². The van der Waals surface area contributed by atoms with Crippen molar-refractivity contribution in [3.63, 3.8) is 0 Å². The third-order valence-electron chi connectivity index (χ3n) is 2.41. The van der Waals surface area contributed by atoms with Gasteiger partial charge in [-0.05, 0) is 38.1 Å². The van der Waals surface area contributed by atoms with E-state index in [1.807, 2.05) is 13.8 Å². The number of hydrogen-bond acceptors (Lipinski definition) is 4. The summed E-state index contributed by atoms with van der Waals surface area (Å²) in [4.78, 5) is 11.8. The van der Waals surface area contributed by atoms with Crippen LogP contribution in [0.4, 0.5) is 5.82 Å². The average Bonchev–Trinajstić information content (AvgIpc) is 2.71. The molecule has 0 fully saturated rings. The van der Waals surface area contributed by atoms with Crippen LogP contribution in [0.25, 0.3) is 5.69 Å². The fourth-order valence-corrected chi connectivity index (χ4v) is 1.68. The molecule has 3 N–H and O–H groups in total. The topological polar surface area (TPSA) is 85.8 Å². The fourth-order valence-electron chi connectivity index (χ4n) is 1.55. The molecule has 1 aromatic heterocycles. The Balaban J connectivity index is 2.32. The highest BCUT2D eigenvalue weighted by Crippen LogP contribution is 2.17. The fraction of sp³-hybridized carbons (Fsp3) is 0.250. The number of nitrogens with one attached hydrogen (secondary N) is 1. The molecule has 0 saturated carbocycles. The van der Waals surface area contributed by atoms with E-state index in [2.05, 4.69) is 15.6 Å². The highest BCUT2D eigenvalue weighted by Gasteiger charge is 2.18. The quantitative estimate of drug-likeness (QED) is 0.894. The van der Waals surface area contributed by atoms with Gasteiger partial charge in [-0.25, -0.2) is 0 Å². The average molecular weight is 280 g/mol. The number of amides is 1. The highest BCUT2D eigenvalue weighted by molar-refractivity contribution is 6.30. The van der Waals surface area contributed by atoms with E-state index < -0.39 is 0 Å². The number of hydrogen-bond donors (Lipinski definition) is 2. The summed E-state index contributed by atoms with van der Waals surface area (Å²) in [5.74, 6) is -0.145. The van der Waals surface area contributed by atoms with Gasteiger partial charge in [-0.15, -0.1) is 5.10 Å². The molecule has 19 heavy (non-hydrogen) atoms. The molecule has 1 heterocycles. The lowest BCUT2D eigenvalue weighted by atomic mass is 10.3. The van der Waals surface area contributed by atoms with Crippen molar-refractivity contribution in [3.8, 4) is 5.69 Å². The Labute approximate surface area is 115 Å². The summed E-state index contributed by atoms with van der Waals surface area (Å²) in [5, 5.41) is 11.0. The van der Waals surface area contributed by atoms with E-state index in [-0.39, 0.29) is 23.5 Å². The maximum atomic E-state index is 11.8. The third-order valence-corrected chi connectivity index (χ3v) is 2.66. The third kappa shape index (κ3) is 2.85. The van der Waals surface area contributed by atoms with E-state index in [0.29, 0.717) is 10.7 Å². The minimum absolute atomic E-state index is 0.00702. The number of aromatic nitrogens is 3. The van der Waals surface area contributed by atoms with E-state index in [1.165, 1.54) is 4.68 Å². The Hall–Kier alpha value is -2.08. The molecule has 0 unspecified atom stereocenters. The van der Waals surface area contributed by atoms with Crippen molar-refractivity contribution in [3.05, 3.63) is 35.0 Å². The SMILES string of the molecule is CC(C)NC(=O)c1nnn(-c2ccc(Cl)cc2)c1N. The first-order chi connectivity index (χ1) is 8.99. The molecule has 0 bridgehead atoms. The summed E-state index contributed by atoms with van der Waals surface area (Å²) < 4.78 is 1.39. The molecule has 0 aliphatic carbocycles. The van der Waals surface area contributed by atoms with Crippen LogP contribution in [0.1, 0.15) is 24.3 Å². The summed E-state index contributed by atoms with van der Waals surface area (Å²) in [6.45, 7) is 3.72. The molecular weight excluding hydrogens is 266 g/mol. The number of carbonyl (C=O) groups excluding carboxylic acids is 1. The van der Waals surface area contributed by atoms with Gasteiger partial charge in [0.15, 0.2) is 11.5 Å². The van der Waals surface area contributed by atoms with Gasteiger partial charge in [0.25, 0.3) is 5.91 Å². The van der Waals surface area contributed by atoms with Gasteiger partial charge in [-0.3, -0.25) is 4.79 Å². The molecule has 0 atom stereocenters. The monoisotopic (exact) mass is 279 g/mol. The Kier molecular flexibility index (Phi) is 3.71. The predicted octanol–water partition coefficient (Wildman–Crippen LogP) is 1.64. The molecular formula is C12H14ClN5O. The Bertz CT molecular complexity index is 591. The van der Waals surface area contributed by atoms with Crippen LogP contribution in [0, 0.1) is 0 Å². The highest BCUT2D eigenvalue weighted by atomic mass is 35.5. The number of nitrogen functional groups attached to an aromatic ring is 1. The second-order valence-corrected chi connectivity index (χ2v) is 4.78. The molecule has 1 amide bonds. The van der Waals surface area contributed by atoms with Gasteiger partial charge in [0.1, 0.15) is 0 Å². The van der Waals surface area contributed by atoms with E-state index in [1.54, 1.807) is 24.3 Å². The molecule has 0 radical (unpaired) electrons. The van der Waals surface area contributed by atoms with Crippen LogP contribution in [0.5, 0.6) is 0 Å². The summed E-state index contributed by atoms with van der Waals surface area (Å²) in [5.41, 5.74) is 6.70. The van der Waals surface area contributed by atoms with Gasteiger partial charge >= 0.3 is 0 Å². The maximum Gasteiger partial charge on any atom is 0.275 e.